The third-order valence-electron chi connectivity index (χ3n) is 3.09. The van der Waals surface area contributed by atoms with Crippen LogP contribution < -0.4 is 26.1 Å². The van der Waals surface area contributed by atoms with E-state index in [0.29, 0.717) is 0 Å². The number of pyridine rings is 2. The Kier molecular flexibility index (Phi) is 73.4. The summed E-state index contributed by atoms with van der Waals surface area (Å²) < 4.78 is 4.42. The molecule has 0 saturated carbocycles. The van der Waals surface area contributed by atoms with Crippen LogP contribution >= 0.6 is 15.9 Å². The first-order valence-corrected chi connectivity index (χ1v) is 9.71. The van der Waals surface area contributed by atoms with Crippen molar-refractivity contribution in [2.45, 2.75) is 97.2 Å². The molecule has 2 aromatic rings. The van der Waals surface area contributed by atoms with Gasteiger partial charge < -0.3 is 17.0 Å². The molecule has 2 rings (SSSR count). The fourth-order valence-electron chi connectivity index (χ4n) is 1.85. The van der Waals surface area contributed by atoms with Crippen molar-refractivity contribution in [3.05, 3.63) is 61.2 Å². The van der Waals surface area contributed by atoms with E-state index in [4.69, 9.17) is 0 Å². The average molecular weight is 544 g/mol. The van der Waals surface area contributed by atoms with Crippen LogP contribution in [0.5, 0.6) is 0 Å². The van der Waals surface area contributed by atoms with Crippen LogP contribution in [-0.2, 0) is 13.1 Å². The maximum absolute atomic E-state index is 2.94. The lowest BCUT2D eigenvalue weighted by Gasteiger charge is -1.91. The van der Waals surface area contributed by atoms with Gasteiger partial charge in [0.05, 0.1) is 0 Å². The number of halogens is 2. The largest absolute Gasteiger partial charge is 1.00 e. The Labute approximate surface area is 205 Å². The predicted octanol–water partition coefficient (Wildman–Crippen LogP) is 5.38. The van der Waals surface area contributed by atoms with E-state index < -0.39 is 0 Å². The Bertz CT molecular complexity index is 394. The highest BCUT2D eigenvalue weighted by atomic mass is 79.9. The van der Waals surface area contributed by atoms with Crippen molar-refractivity contribution in [2.24, 2.45) is 0 Å². The summed E-state index contributed by atoms with van der Waals surface area (Å²) in [6.07, 6.45) is 13.5. The molecule has 0 aromatic carbocycles. The summed E-state index contributed by atoms with van der Waals surface area (Å²) in [7, 11) is 0. The van der Waals surface area contributed by atoms with E-state index in [1.807, 2.05) is 18.0 Å². The number of hydrogen-bond donors (Lipinski definition) is 0. The molecule has 0 aliphatic rings. The van der Waals surface area contributed by atoms with Crippen molar-refractivity contribution in [3.63, 3.8) is 0 Å². The molecule has 0 amide bonds. The quantitative estimate of drug-likeness (QED) is 0.342. The number of aryl methyl sites for hydroxylation is 2. The third-order valence-corrected chi connectivity index (χ3v) is 3.09. The van der Waals surface area contributed by atoms with E-state index in [2.05, 4.69) is 88.0 Å². The highest BCUT2D eigenvalue weighted by Crippen LogP contribution is 1.86. The van der Waals surface area contributed by atoms with Gasteiger partial charge in [0.2, 0.25) is 0 Å². The van der Waals surface area contributed by atoms with Crippen molar-refractivity contribution in [3.8, 4) is 0 Å². The molecule has 0 saturated heterocycles. The van der Waals surface area contributed by atoms with Gasteiger partial charge in [0, 0.05) is 37.1 Å². The second-order valence-electron chi connectivity index (χ2n) is 4.93. The fraction of sp³-hybridized carbons (Fsp3) is 0.600. The molecular weight excluding hydrogens is 488 g/mol. The van der Waals surface area contributed by atoms with Crippen molar-refractivity contribution < 1.29 is 26.1 Å². The number of rotatable bonds is 6. The number of nitrogens with zero attached hydrogens (tertiary/aromatic N) is 2. The first-order chi connectivity index (χ1) is 10.9. The van der Waals surface area contributed by atoms with Gasteiger partial charge in [-0.1, -0.05) is 99.3 Å². The van der Waals surface area contributed by atoms with Gasteiger partial charge in [-0.05, 0) is 5.83 Å². The highest BCUT2D eigenvalue weighted by Gasteiger charge is 1.94. The minimum absolute atomic E-state index is 0. The molecule has 2 aromatic heterocycles. The zero-order valence-corrected chi connectivity index (χ0v) is 17.8. The number of unbranched alkanes of at least 4 members (excludes halogenated alkanes) is 2. The molecule has 0 unspecified atom stereocenters. The summed E-state index contributed by atoms with van der Waals surface area (Å²) in [5.74, 6) is 1.81. The van der Waals surface area contributed by atoms with Gasteiger partial charge in [0.15, 0.2) is 24.8 Å². The first-order valence-electron chi connectivity index (χ1n) is 8.12. The minimum Gasteiger partial charge on any atom is -1.00 e. The molecule has 178 valence electrons. The second-order valence-corrected chi connectivity index (χ2v) is 4.93. The minimum atomic E-state index is 0. The molecule has 0 fully saturated rings. The molecule has 0 aliphatic heterocycles. The van der Waals surface area contributed by atoms with E-state index in [1.54, 1.807) is 0 Å². The molecule has 29 heavy (non-hydrogen) atoms. The van der Waals surface area contributed by atoms with Crippen molar-refractivity contribution >= 4 is 15.9 Å². The molecule has 0 N–H and O–H groups in total. The van der Waals surface area contributed by atoms with E-state index >= 15 is 0 Å². The zero-order chi connectivity index (χ0) is 16.5. The Morgan fingerprint density at radius 1 is 0.517 bits per heavy atom. The Balaban J connectivity index is -0.0000000381. The molecule has 4 heteroatoms. The normalized spacial score (nSPS) is 6.90. The molecular formula is C25H55Br2N2+. The lowest BCUT2D eigenvalue weighted by Crippen LogP contribution is -3.00. The number of hydrogen-bond acceptors (Lipinski definition) is 0. The monoisotopic (exact) mass is 541 g/mol. The van der Waals surface area contributed by atoms with Crippen LogP contribution in [0.2, 0.25) is 0 Å². The molecule has 2 heterocycles. The molecule has 0 spiro atoms. The van der Waals surface area contributed by atoms with E-state index in [9.17, 15) is 0 Å². The topological polar surface area (TPSA) is 7.76 Å². The van der Waals surface area contributed by atoms with Gasteiger partial charge in [0.1, 0.15) is 13.1 Å². The van der Waals surface area contributed by atoms with Gasteiger partial charge in [0.25, 0.3) is 0 Å². The lowest BCUT2D eigenvalue weighted by molar-refractivity contribution is -0.697. The van der Waals surface area contributed by atoms with Gasteiger partial charge >= 0.3 is 0 Å². The molecule has 0 aliphatic carbocycles. The maximum atomic E-state index is 2.94. The van der Waals surface area contributed by atoms with Crippen molar-refractivity contribution in [1.29, 1.82) is 0 Å². The van der Waals surface area contributed by atoms with Gasteiger partial charge in [-0.2, -0.15) is 0 Å². The maximum Gasteiger partial charge on any atom is 0.168 e. The van der Waals surface area contributed by atoms with Gasteiger partial charge in [-0.15, -0.1) is 0 Å². The Morgan fingerprint density at radius 2 is 0.759 bits per heavy atom. The standard InChI is InChI=1S/2C9H14N.CH3Br.6CH4.BrH/c2*1-2-3-7-10-8-5-4-6-9-10;1-2;;;;;;;/h2*4-6,8-9H,2-3,7H2,1H3;1H3;6*1H4;1H/q2*+1;;;;;;;;/p-1. The molecule has 2 nitrogen and oxygen atoms in total. The number of alkyl halides is 1. The van der Waals surface area contributed by atoms with E-state index in [0.717, 1.165) is 13.1 Å². The summed E-state index contributed by atoms with van der Waals surface area (Å²) in [5.41, 5.74) is 0. The van der Waals surface area contributed by atoms with Crippen LogP contribution in [0.3, 0.4) is 0 Å². The van der Waals surface area contributed by atoms with Crippen LogP contribution in [-0.4, -0.2) is 5.83 Å². The summed E-state index contributed by atoms with van der Waals surface area (Å²) >= 11 is 2.94. The molecule has 0 radical (unpaired) electrons. The zero-order valence-electron chi connectivity index (χ0n) is 14.7. The van der Waals surface area contributed by atoms with E-state index in [1.165, 1.54) is 25.7 Å². The summed E-state index contributed by atoms with van der Waals surface area (Å²) in [6.45, 7) is 6.72. The van der Waals surface area contributed by atoms with Crippen LogP contribution in [0.25, 0.3) is 0 Å². The summed E-state index contributed by atoms with van der Waals surface area (Å²) in [6, 6.07) is 12.3. The van der Waals surface area contributed by atoms with Gasteiger partial charge in [-0.25, -0.2) is 9.13 Å². The lowest BCUT2D eigenvalue weighted by atomic mass is 10.3. The predicted molar refractivity (Wildman–Crippen MR) is 138 cm³/mol. The number of aromatic nitrogens is 2. The molecule has 0 bridgehead atoms. The van der Waals surface area contributed by atoms with Crippen molar-refractivity contribution in [2.75, 3.05) is 5.83 Å². The second kappa shape index (κ2) is 41.6. The SMILES string of the molecule is C.C.C.C.C.C.CBr.CCCC[n+]1ccccc1.CCCC[n+]1ccccc1.[Br-]. The Morgan fingerprint density at radius 3 is 0.966 bits per heavy atom. The Hall–Kier alpha value is -0.740. The summed E-state index contributed by atoms with van der Waals surface area (Å²) in [5, 5.41) is 0. The van der Waals surface area contributed by atoms with Crippen LogP contribution in [0, 0.1) is 0 Å². The van der Waals surface area contributed by atoms with Crippen LogP contribution in [0.15, 0.2) is 61.2 Å². The fourth-order valence-corrected chi connectivity index (χ4v) is 1.85. The molecule has 0 atom stereocenters. The third kappa shape index (κ3) is 32.1. The van der Waals surface area contributed by atoms with Gasteiger partial charge in [-0.3, -0.25) is 0 Å². The van der Waals surface area contributed by atoms with Crippen LogP contribution in [0.4, 0.5) is 0 Å². The summed E-state index contributed by atoms with van der Waals surface area (Å²) in [4.78, 5) is 0. The average Bonchev–Trinajstić information content (AvgIpc) is 2.62. The van der Waals surface area contributed by atoms with Crippen molar-refractivity contribution in [1.82, 2.24) is 0 Å². The highest BCUT2D eigenvalue weighted by molar-refractivity contribution is 9.08. The first kappa shape index (κ1) is 51.2. The smallest absolute Gasteiger partial charge is 0.168 e. The van der Waals surface area contributed by atoms with E-state index in [-0.39, 0.29) is 61.5 Å². The van der Waals surface area contributed by atoms with Crippen LogP contribution in [0.1, 0.15) is 84.1 Å².